The van der Waals surface area contributed by atoms with Gasteiger partial charge in [-0.3, -0.25) is 10.1 Å². The highest BCUT2D eigenvalue weighted by molar-refractivity contribution is 5.73. The largest absolute Gasteiger partial charge is 0.488 e. The molecular formula is C43H77N3O13. The van der Waals surface area contributed by atoms with Crippen LogP contribution in [0, 0.1) is 0 Å². The van der Waals surface area contributed by atoms with Crippen molar-refractivity contribution in [3.63, 3.8) is 0 Å². The number of hydrogen-bond acceptors (Lipinski definition) is 15. The summed E-state index contributed by atoms with van der Waals surface area (Å²) in [6.45, 7) is 20.8. The monoisotopic (exact) mass is 844 g/mol. The Morgan fingerprint density at radius 2 is 1.41 bits per heavy atom. The summed E-state index contributed by atoms with van der Waals surface area (Å²) >= 11 is 0. The van der Waals surface area contributed by atoms with E-state index in [0.29, 0.717) is 31.4 Å². The summed E-state index contributed by atoms with van der Waals surface area (Å²) in [6.07, 6.45) is -5.89. The highest BCUT2D eigenvalue weighted by Gasteiger charge is 2.69. The molecule has 16 atom stereocenters. The van der Waals surface area contributed by atoms with Crippen LogP contribution in [-0.2, 0) is 33.2 Å². The van der Waals surface area contributed by atoms with Crippen molar-refractivity contribution >= 4 is 5.91 Å². The maximum atomic E-state index is 12.3. The molecule has 3 saturated heterocycles. The number of hydrogen-bond donors (Lipinski definition) is 9. The molecule has 0 spiro atoms. The second kappa shape index (κ2) is 19.2. The number of carbonyl (C=O) groups is 1. The fourth-order valence-electron chi connectivity index (χ4n) is 9.46. The highest BCUT2D eigenvalue weighted by Crippen LogP contribution is 2.50. The molecule has 4 aliphatic rings. The van der Waals surface area contributed by atoms with Gasteiger partial charge in [-0.15, -0.1) is 0 Å². The average Bonchev–Trinajstić information content (AvgIpc) is 3.20. The third kappa shape index (κ3) is 8.99. The van der Waals surface area contributed by atoms with E-state index in [2.05, 4.69) is 10.6 Å². The number of fused-ring (bicyclic) bond motifs is 1. The number of aliphatic hydroxyl groups excluding tert-OH is 6. The summed E-state index contributed by atoms with van der Waals surface area (Å²) in [5.74, 6) is 0.135. The van der Waals surface area contributed by atoms with E-state index in [9.17, 15) is 35.4 Å². The second-order valence-electron chi connectivity index (χ2n) is 18.0. The van der Waals surface area contributed by atoms with Gasteiger partial charge in [-0.1, -0.05) is 41.5 Å². The first-order valence-corrected chi connectivity index (χ1v) is 21.8. The van der Waals surface area contributed by atoms with E-state index in [1.54, 1.807) is 6.92 Å². The first kappa shape index (κ1) is 49.7. The Bertz CT molecular complexity index is 1500. The number of amides is 1. The first-order valence-electron chi connectivity index (χ1n) is 21.8. The van der Waals surface area contributed by atoms with Crippen LogP contribution in [0.3, 0.4) is 0 Å². The van der Waals surface area contributed by atoms with Crippen LogP contribution in [0.5, 0.6) is 0 Å². The first-order chi connectivity index (χ1) is 27.6. The van der Waals surface area contributed by atoms with Gasteiger partial charge in [0.2, 0.25) is 5.91 Å². The van der Waals surface area contributed by atoms with Gasteiger partial charge in [-0.05, 0) is 84.8 Å². The zero-order chi connectivity index (χ0) is 44.5. The molecule has 16 nitrogen and oxygen atoms in total. The van der Waals surface area contributed by atoms with Gasteiger partial charge < -0.3 is 70.1 Å². The standard InChI is InChI=1S/C43H77N3O13/c1-13-23(7)34-30(45-24(8)50)32(52)37(27(21-48)55-34)59-40(11,15-3)42(44,17-5)29-19-25(51)35(26(20-47)54-29)58-41(12,16-4)43(18-6)38-31(46-43)33(53)36(28(22-49)56-38)57-39(9,10)14-2/h19,25-28,30-33,35-38,46-49,51-53H,13-18,20-22,44H2,1-12H3,(H,45,50)/b34-23-. The van der Waals surface area contributed by atoms with Crippen LogP contribution < -0.4 is 16.4 Å². The molecule has 4 rings (SSSR count). The number of aliphatic hydroxyl groups is 6. The van der Waals surface area contributed by atoms with Crippen LogP contribution in [0.1, 0.15) is 122 Å². The van der Waals surface area contributed by atoms with Crippen LogP contribution in [0.2, 0.25) is 0 Å². The van der Waals surface area contributed by atoms with Gasteiger partial charge in [0.05, 0.1) is 54.3 Å². The van der Waals surface area contributed by atoms with Gasteiger partial charge in [0.1, 0.15) is 71.9 Å². The minimum Gasteiger partial charge on any atom is -0.488 e. The number of carbonyl (C=O) groups excluding carboxylic acids is 1. The van der Waals surface area contributed by atoms with E-state index in [-0.39, 0.29) is 31.1 Å². The van der Waals surface area contributed by atoms with Gasteiger partial charge in [0.15, 0.2) is 6.10 Å². The van der Waals surface area contributed by atoms with Crippen molar-refractivity contribution < 1.29 is 63.9 Å². The van der Waals surface area contributed by atoms with Crippen LogP contribution in [0.4, 0.5) is 0 Å². The third-order valence-electron chi connectivity index (χ3n) is 14.3. The zero-order valence-corrected chi connectivity index (χ0v) is 37.5. The summed E-state index contributed by atoms with van der Waals surface area (Å²) < 4.78 is 39.2. The zero-order valence-electron chi connectivity index (χ0n) is 37.5. The Morgan fingerprint density at radius 1 is 0.814 bits per heavy atom. The Balaban J connectivity index is 1.65. The Morgan fingerprint density at radius 3 is 1.90 bits per heavy atom. The molecule has 0 aromatic rings. The maximum Gasteiger partial charge on any atom is 0.217 e. The third-order valence-corrected chi connectivity index (χ3v) is 14.3. The number of ether oxygens (including phenoxy) is 6. The molecular weight excluding hydrogens is 766 g/mol. The van der Waals surface area contributed by atoms with E-state index < -0.39 is 114 Å². The molecule has 1 amide bonds. The fraction of sp³-hybridized carbons (Fsp3) is 0.884. The summed E-state index contributed by atoms with van der Waals surface area (Å²) in [6, 6.07) is -1.46. The Kier molecular flexibility index (Phi) is 16.2. The molecule has 16 unspecified atom stereocenters. The SMILES string of the molecule is CC/C(C)=C1\OC(CO)C(OC(C)(CC)C(N)(CC)C2=CC(O)C(OC(C)(CC)C3(CC)NC4C(O)C(OC(C)(C)CC)C(CO)OC43)C(CO)O2)C(O)C1NC(C)=O. The highest BCUT2D eigenvalue weighted by atomic mass is 16.6. The van der Waals surface area contributed by atoms with E-state index in [1.165, 1.54) is 13.0 Å². The van der Waals surface area contributed by atoms with Crippen molar-refractivity contribution in [2.24, 2.45) is 5.73 Å². The van der Waals surface area contributed by atoms with Gasteiger partial charge in [0, 0.05) is 6.92 Å². The lowest BCUT2D eigenvalue weighted by atomic mass is 9.61. The van der Waals surface area contributed by atoms with Crippen LogP contribution in [-0.4, -0.2) is 157 Å². The quantitative estimate of drug-likeness (QED) is 0.0897. The summed E-state index contributed by atoms with van der Waals surface area (Å²) in [7, 11) is 0. The van der Waals surface area contributed by atoms with Crippen molar-refractivity contribution in [3.05, 3.63) is 23.2 Å². The van der Waals surface area contributed by atoms with Crippen molar-refractivity contribution in [2.45, 2.75) is 223 Å². The molecule has 342 valence electrons. The number of nitrogens with two attached hydrogens (primary N) is 1. The Labute approximate surface area is 351 Å². The van der Waals surface area contributed by atoms with E-state index in [4.69, 9.17) is 34.2 Å². The minimum atomic E-state index is -1.46. The van der Waals surface area contributed by atoms with Crippen molar-refractivity contribution in [1.82, 2.24) is 10.6 Å². The van der Waals surface area contributed by atoms with Crippen LogP contribution in [0.25, 0.3) is 0 Å². The van der Waals surface area contributed by atoms with Gasteiger partial charge in [-0.25, -0.2) is 0 Å². The summed E-state index contributed by atoms with van der Waals surface area (Å²) in [5.41, 5.74) is 2.83. The predicted molar refractivity (Wildman–Crippen MR) is 220 cm³/mol. The van der Waals surface area contributed by atoms with Crippen molar-refractivity contribution in [1.29, 1.82) is 0 Å². The second-order valence-corrected chi connectivity index (χ2v) is 18.0. The normalized spacial score (nSPS) is 38.9. The fourth-order valence-corrected chi connectivity index (χ4v) is 9.46. The van der Waals surface area contributed by atoms with Crippen LogP contribution in [0.15, 0.2) is 23.2 Å². The predicted octanol–water partition coefficient (Wildman–Crippen LogP) is 1.59. The smallest absolute Gasteiger partial charge is 0.217 e. The number of nitrogens with one attached hydrogen (secondary N) is 2. The van der Waals surface area contributed by atoms with Gasteiger partial charge in [0.25, 0.3) is 0 Å². The molecule has 0 aliphatic carbocycles. The van der Waals surface area contributed by atoms with E-state index in [0.717, 1.165) is 5.57 Å². The lowest BCUT2D eigenvalue weighted by Crippen LogP contribution is -2.89. The molecule has 4 heterocycles. The number of allylic oxidation sites excluding steroid dienone is 1. The van der Waals surface area contributed by atoms with Crippen molar-refractivity contribution in [3.8, 4) is 0 Å². The summed E-state index contributed by atoms with van der Waals surface area (Å²) in [4.78, 5) is 12.3. The molecule has 10 N–H and O–H groups in total. The Hall–Kier alpha value is -1.93. The lowest BCUT2D eigenvalue weighted by Gasteiger charge is -2.67. The maximum absolute atomic E-state index is 12.3. The molecule has 4 aliphatic heterocycles. The molecule has 0 saturated carbocycles. The van der Waals surface area contributed by atoms with Crippen molar-refractivity contribution in [2.75, 3.05) is 19.8 Å². The lowest BCUT2D eigenvalue weighted by molar-refractivity contribution is -0.318. The molecule has 3 fully saturated rings. The van der Waals surface area contributed by atoms with E-state index >= 15 is 0 Å². The molecule has 0 bridgehead atoms. The topological polar surface area (TPSA) is 244 Å². The average molecular weight is 844 g/mol. The van der Waals surface area contributed by atoms with E-state index in [1.807, 2.05) is 69.2 Å². The molecule has 16 heteroatoms. The molecule has 0 aromatic carbocycles. The molecule has 0 aromatic heterocycles. The molecule has 0 radical (unpaired) electrons. The van der Waals surface area contributed by atoms with Gasteiger partial charge in [-0.2, -0.15) is 0 Å². The summed E-state index contributed by atoms with van der Waals surface area (Å²) in [5, 5.41) is 73.4. The van der Waals surface area contributed by atoms with Gasteiger partial charge >= 0.3 is 0 Å². The molecule has 59 heavy (non-hydrogen) atoms. The minimum absolute atomic E-state index is 0.152. The van der Waals surface area contributed by atoms with Crippen LogP contribution >= 0.6 is 0 Å². The number of rotatable bonds is 19.